The predicted molar refractivity (Wildman–Crippen MR) is 67.5 cm³/mol. The molecule has 0 aromatic heterocycles. The number of phenols is 1. The van der Waals surface area contributed by atoms with Crippen LogP contribution in [0.25, 0.3) is 22.2 Å². The molecule has 1 aliphatic carbocycles. The molecule has 0 bridgehead atoms. The van der Waals surface area contributed by atoms with Crippen LogP contribution in [0.1, 0.15) is 0 Å². The van der Waals surface area contributed by atoms with Crippen molar-refractivity contribution in [1.29, 1.82) is 0 Å². The van der Waals surface area contributed by atoms with Crippen LogP contribution in [0.4, 0.5) is 0 Å². The lowest BCUT2D eigenvalue weighted by molar-refractivity contribution is 0.470. The smallest absolute Gasteiger partial charge is 0.229 e. The summed E-state index contributed by atoms with van der Waals surface area (Å²) in [6.07, 6.45) is 0. The van der Waals surface area contributed by atoms with Crippen molar-refractivity contribution in [2.45, 2.75) is 0 Å². The predicted octanol–water partition coefficient (Wildman–Crippen LogP) is 2.35. The van der Waals surface area contributed by atoms with Crippen molar-refractivity contribution in [3.8, 4) is 17.0 Å². The van der Waals surface area contributed by atoms with Crippen LogP contribution in [0.2, 0.25) is 0 Å². The van der Waals surface area contributed by atoms with Crippen LogP contribution in [-0.2, 0) is 7.05 Å². The first-order valence-corrected chi connectivity index (χ1v) is 5.39. The molecule has 0 amide bonds. The molecule has 3 heteroatoms. The maximum absolute atomic E-state index is 11.9. The number of phenolic OH excluding ortho intramolecular Hbond substituents is 1. The van der Waals surface area contributed by atoms with Crippen molar-refractivity contribution in [2.24, 2.45) is 7.05 Å². The summed E-state index contributed by atoms with van der Waals surface area (Å²) in [5.41, 5.74) is 2.12. The van der Waals surface area contributed by atoms with Crippen LogP contribution in [-0.4, -0.2) is 9.67 Å². The molecule has 3 rings (SSSR count). The van der Waals surface area contributed by atoms with Gasteiger partial charge in [0.15, 0.2) is 5.75 Å². The second kappa shape index (κ2) is 3.35. The number of rotatable bonds is 0. The fraction of sp³-hybridized carbons (Fsp3) is 0.0714. The Balaban J connectivity index is 2.60. The molecule has 0 spiro atoms. The minimum atomic E-state index is -0.316. The van der Waals surface area contributed by atoms with E-state index >= 15 is 0 Å². The minimum absolute atomic E-state index is 0.201. The summed E-state index contributed by atoms with van der Waals surface area (Å²) in [6, 6.07) is 12.9. The van der Waals surface area contributed by atoms with Crippen molar-refractivity contribution >= 4 is 10.9 Å². The lowest BCUT2D eigenvalue weighted by Gasteiger charge is -2.14. The number of aryl methyl sites for hydroxylation is 1. The van der Waals surface area contributed by atoms with Crippen LogP contribution < -0.4 is 5.43 Å². The first kappa shape index (κ1) is 9.90. The van der Waals surface area contributed by atoms with E-state index in [9.17, 15) is 9.90 Å². The topological polar surface area (TPSA) is 42.2 Å². The third kappa shape index (κ3) is 1.32. The van der Waals surface area contributed by atoms with Crippen LogP contribution in [0.3, 0.4) is 0 Å². The average Bonchev–Trinajstić information content (AvgIpc) is 2.35. The Morgan fingerprint density at radius 2 is 1.88 bits per heavy atom. The first-order valence-electron chi connectivity index (χ1n) is 5.39. The Morgan fingerprint density at radius 3 is 2.71 bits per heavy atom. The molecule has 2 aliphatic rings. The molecule has 0 fully saturated rings. The van der Waals surface area contributed by atoms with E-state index < -0.39 is 0 Å². The summed E-state index contributed by atoms with van der Waals surface area (Å²) in [5.74, 6) is -0.201. The van der Waals surface area contributed by atoms with Crippen molar-refractivity contribution in [3.63, 3.8) is 0 Å². The van der Waals surface area contributed by atoms with Gasteiger partial charge in [0.05, 0.1) is 11.3 Å². The second-order valence-corrected chi connectivity index (χ2v) is 4.11. The number of hydrogen-bond acceptors (Lipinski definition) is 2. The van der Waals surface area contributed by atoms with Gasteiger partial charge >= 0.3 is 0 Å². The van der Waals surface area contributed by atoms with Gasteiger partial charge in [0.1, 0.15) is 0 Å². The number of nitrogens with zero attached hydrogens (tertiary/aromatic N) is 1. The number of fused-ring (bicyclic) bond motifs is 2. The zero-order valence-electron chi connectivity index (χ0n) is 9.34. The highest BCUT2D eigenvalue weighted by Gasteiger charge is 2.13. The van der Waals surface area contributed by atoms with E-state index in [2.05, 4.69) is 0 Å². The average molecular weight is 225 g/mol. The number of aromatic hydroxyl groups is 1. The summed E-state index contributed by atoms with van der Waals surface area (Å²) < 4.78 is 1.96. The van der Waals surface area contributed by atoms with Crippen molar-refractivity contribution in [3.05, 3.63) is 52.7 Å². The van der Waals surface area contributed by atoms with Crippen LogP contribution in [0, 0.1) is 0 Å². The summed E-state index contributed by atoms with van der Waals surface area (Å²) in [4.78, 5) is 11.9. The molecule has 1 aromatic carbocycles. The van der Waals surface area contributed by atoms with Gasteiger partial charge in [-0.3, -0.25) is 4.79 Å². The Morgan fingerprint density at radius 1 is 1.12 bits per heavy atom. The Kier molecular flexibility index (Phi) is 1.95. The first-order chi connectivity index (χ1) is 8.18. The van der Waals surface area contributed by atoms with E-state index in [1.54, 1.807) is 6.07 Å². The number of para-hydroxylation sites is 1. The van der Waals surface area contributed by atoms with Gasteiger partial charge in [-0.15, -0.1) is 0 Å². The van der Waals surface area contributed by atoms with E-state index in [0.717, 1.165) is 16.6 Å². The molecule has 17 heavy (non-hydrogen) atoms. The monoisotopic (exact) mass is 225 g/mol. The van der Waals surface area contributed by atoms with Crippen LogP contribution in [0.5, 0.6) is 5.75 Å². The molecule has 1 aromatic rings. The molecule has 0 atom stereocenters. The molecular weight excluding hydrogens is 214 g/mol. The molecule has 1 heterocycles. The van der Waals surface area contributed by atoms with Gasteiger partial charge in [-0.2, -0.15) is 0 Å². The Bertz CT molecular complexity index is 743. The number of benzene rings is 2. The van der Waals surface area contributed by atoms with Crippen molar-refractivity contribution < 1.29 is 5.11 Å². The third-order valence-corrected chi connectivity index (χ3v) is 3.11. The number of aromatic nitrogens is 1. The second-order valence-electron chi connectivity index (χ2n) is 4.11. The van der Waals surface area contributed by atoms with Crippen LogP contribution in [0.15, 0.2) is 47.3 Å². The number of hydrogen-bond donors (Lipinski definition) is 1. The molecule has 1 aliphatic heterocycles. The largest absolute Gasteiger partial charge is 0.504 e. The van der Waals surface area contributed by atoms with Gasteiger partial charge in [-0.25, -0.2) is 0 Å². The summed E-state index contributed by atoms with van der Waals surface area (Å²) in [5, 5.41) is 10.4. The van der Waals surface area contributed by atoms with Crippen molar-refractivity contribution in [1.82, 2.24) is 4.57 Å². The maximum atomic E-state index is 11.9. The summed E-state index contributed by atoms with van der Waals surface area (Å²) >= 11 is 0. The Hall–Kier alpha value is -2.29. The van der Waals surface area contributed by atoms with Gasteiger partial charge in [0.25, 0.3) is 0 Å². The van der Waals surface area contributed by atoms with E-state index in [-0.39, 0.29) is 11.2 Å². The normalized spacial score (nSPS) is 11.1. The van der Waals surface area contributed by atoms with Gasteiger partial charge < -0.3 is 9.67 Å². The molecule has 0 saturated heterocycles. The van der Waals surface area contributed by atoms with E-state index in [1.165, 1.54) is 6.07 Å². The lowest BCUT2D eigenvalue weighted by atomic mass is 10.0. The summed E-state index contributed by atoms with van der Waals surface area (Å²) in [7, 11) is 1.92. The van der Waals surface area contributed by atoms with Gasteiger partial charge in [-0.05, 0) is 29.7 Å². The van der Waals surface area contributed by atoms with E-state index in [4.69, 9.17) is 0 Å². The van der Waals surface area contributed by atoms with Gasteiger partial charge in [0.2, 0.25) is 5.43 Å². The minimum Gasteiger partial charge on any atom is -0.504 e. The molecule has 1 N–H and O–H groups in total. The zero-order valence-corrected chi connectivity index (χ0v) is 9.34. The lowest BCUT2D eigenvalue weighted by Crippen LogP contribution is -2.10. The quantitative estimate of drug-likeness (QED) is 0.597. The molecule has 3 nitrogen and oxygen atoms in total. The molecular formula is C14H11NO2. The zero-order chi connectivity index (χ0) is 12.0. The SMILES string of the molecule is Cn1c2ccc(O)c(=O)c-2cc2ccccc21. The highest BCUT2D eigenvalue weighted by molar-refractivity contribution is 5.86. The highest BCUT2D eigenvalue weighted by atomic mass is 16.3. The fourth-order valence-corrected chi connectivity index (χ4v) is 2.21. The molecule has 0 unspecified atom stereocenters. The Labute approximate surface area is 97.9 Å². The molecule has 84 valence electrons. The molecule has 0 saturated carbocycles. The standard InChI is InChI=1S/C14H11NO2/c1-15-11-5-3-2-4-9(11)8-10-12(15)6-7-13(16)14(10)17/h2-8,16H,1H3. The highest BCUT2D eigenvalue weighted by Crippen LogP contribution is 2.26. The number of pyridine rings is 1. The van der Waals surface area contributed by atoms with E-state index in [1.807, 2.05) is 41.9 Å². The summed E-state index contributed by atoms with van der Waals surface area (Å²) in [6.45, 7) is 0. The fourth-order valence-electron chi connectivity index (χ4n) is 2.21. The van der Waals surface area contributed by atoms with Gasteiger partial charge in [-0.1, -0.05) is 18.2 Å². The van der Waals surface area contributed by atoms with Crippen LogP contribution >= 0.6 is 0 Å². The maximum Gasteiger partial charge on any atom is 0.229 e. The third-order valence-electron chi connectivity index (χ3n) is 3.11. The van der Waals surface area contributed by atoms with E-state index in [0.29, 0.717) is 5.56 Å². The van der Waals surface area contributed by atoms with Crippen molar-refractivity contribution in [2.75, 3.05) is 0 Å². The molecule has 0 radical (unpaired) electrons. The van der Waals surface area contributed by atoms with Gasteiger partial charge in [0, 0.05) is 12.6 Å².